The maximum atomic E-state index is 13.0. The second-order valence-corrected chi connectivity index (χ2v) is 4.59. The molecule has 4 heteroatoms. The van der Waals surface area contributed by atoms with E-state index in [1.54, 1.807) is 24.5 Å². The molecule has 0 bridgehead atoms. The summed E-state index contributed by atoms with van der Waals surface area (Å²) in [5, 5.41) is 0. The average molecular weight is 296 g/mol. The summed E-state index contributed by atoms with van der Waals surface area (Å²) >= 11 is 3.12. The minimum absolute atomic E-state index is 0.297. The molecule has 88 valence electrons. The summed E-state index contributed by atoms with van der Waals surface area (Å²) in [4.78, 5) is 4.08. The number of hydrogen-bond acceptors (Lipinski definition) is 2. The monoisotopic (exact) mass is 295 g/mol. The van der Waals surface area contributed by atoms with Crippen molar-refractivity contribution in [2.24, 2.45) is 0 Å². The average Bonchev–Trinajstić information content (AvgIpc) is 2.31. The summed E-state index contributed by atoms with van der Waals surface area (Å²) in [5.41, 5.74) is 2.08. The molecule has 2 aromatic rings. The van der Waals surface area contributed by atoms with Gasteiger partial charge in [-0.2, -0.15) is 0 Å². The topological polar surface area (TPSA) is 22.1 Å². The zero-order valence-electron chi connectivity index (χ0n) is 9.28. The number of benzene rings is 1. The van der Waals surface area contributed by atoms with Gasteiger partial charge in [-0.3, -0.25) is 4.98 Å². The molecule has 0 aliphatic heterocycles. The smallest absolute Gasteiger partial charge is 0.137 e. The number of pyridine rings is 1. The third-order valence-electron chi connectivity index (χ3n) is 2.23. The molecule has 0 spiro atoms. The number of hydrogen-bond donors (Lipinski definition) is 0. The molecule has 17 heavy (non-hydrogen) atoms. The zero-order chi connectivity index (χ0) is 12.3. The van der Waals surface area contributed by atoms with Crippen molar-refractivity contribution >= 4 is 15.9 Å². The Balaban J connectivity index is 2.05. The molecule has 0 saturated heterocycles. The van der Waals surface area contributed by atoms with E-state index < -0.39 is 0 Å². The highest BCUT2D eigenvalue weighted by Gasteiger charge is 2.02. The summed E-state index contributed by atoms with van der Waals surface area (Å²) in [6.07, 6.45) is 3.55. The van der Waals surface area contributed by atoms with Crippen LogP contribution in [0.25, 0.3) is 0 Å². The molecule has 0 saturated carbocycles. The van der Waals surface area contributed by atoms with Gasteiger partial charge in [0.05, 0.1) is 4.47 Å². The molecule has 0 amide bonds. The Morgan fingerprint density at radius 3 is 2.82 bits per heavy atom. The van der Waals surface area contributed by atoms with Crippen LogP contribution in [0.4, 0.5) is 4.39 Å². The molecule has 0 fully saturated rings. The molecule has 0 radical (unpaired) electrons. The maximum absolute atomic E-state index is 13.0. The number of halogens is 2. The lowest BCUT2D eigenvalue weighted by Gasteiger charge is -2.07. The first-order chi connectivity index (χ1) is 8.15. The van der Waals surface area contributed by atoms with Gasteiger partial charge in [0.2, 0.25) is 0 Å². The molecule has 1 aromatic heterocycles. The fourth-order valence-electron chi connectivity index (χ4n) is 1.43. The van der Waals surface area contributed by atoms with E-state index in [-0.39, 0.29) is 5.82 Å². The van der Waals surface area contributed by atoms with Crippen LogP contribution in [0.5, 0.6) is 5.75 Å². The van der Waals surface area contributed by atoms with E-state index in [1.807, 2.05) is 13.0 Å². The number of rotatable bonds is 3. The number of ether oxygens (including phenoxy) is 1. The van der Waals surface area contributed by atoms with Gasteiger partial charge in [0.25, 0.3) is 0 Å². The van der Waals surface area contributed by atoms with Crippen LogP contribution in [-0.2, 0) is 6.61 Å². The van der Waals surface area contributed by atoms with Crippen molar-refractivity contribution in [3.63, 3.8) is 0 Å². The first-order valence-corrected chi connectivity index (χ1v) is 5.93. The summed E-state index contributed by atoms with van der Waals surface area (Å²) in [5.74, 6) is 0.328. The van der Waals surface area contributed by atoms with Crippen LogP contribution < -0.4 is 4.74 Å². The minimum atomic E-state index is -0.297. The molecule has 0 aliphatic rings. The van der Waals surface area contributed by atoms with Crippen molar-refractivity contribution in [2.75, 3.05) is 0 Å². The fraction of sp³-hybridized carbons (Fsp3) is 0.154. The van der Waals surface area contributed by atoms with E-state index in [9.17, 15) is 4.39 Å². The van der Waals surface area contributed by atoms with Crippen molar-refractivity contribution in [3.05, 3.63) is 58.1 Å². The molecule has 1 aromatic carbocycles. The normalized spacial score (nSPS) is 10.3. The van der Waals surface area contributed by atoms with Gasteiger partial charge in [-0.25, -0.2) is 4.39 Å². The van der Waals surface area contributed by atoms with Gasteiger partial charge in [-0.1, -0.05) is 0 Å². The van der Waals surface area contributed by atoms with Gasteiger partial charge in [-0.05, 0) is 52.7 Å². The van der Waals surface area contributed by atoms with Gasteiger partial charge in [0.1, 0.15) is 18.2 Å². The second-order valence-electron chi connectivity index (χ2n) is 3.74. The lowest BCUT2D eigenvalue weighted by Crippen LogP contribution is -1.96. The van der Waals surface area contributed by atoms with Gasteiger partial charge in [0.15, 0.2) is 0 Å². The summed E-state index contributed by atoms with van der Waals surface area (Å²) in [6, 6.07) is 6.58. The first kappa shape index (κ1) is 12.0. The maximum Gasteiger partial charge on any atom is 0.137 e. The van der Waals surface area contributed by atoms with Crippen LogP contribution in [0.3, 0.4) is 0 Å². The minimum Gasteiger partial charge on any atom is -0.489 e. The van der Waals surface area contributed by atoms with Crippen molar-refractivity contribution in [1.29, 1.82) is 0 Å². The van der Waals surface area contributed by atoms with E-state index in [2.05, 4.69) is 20.9 Å². The summed E-state index contributed by atoms with van der Waals surface area (Å²) in [6.45, 7) is 2.40. The van der Waals surface area contributed by atoms with E-state index in [0.29, 0.717) is 16.8 Å². The van der Waals surface area contributed by atoms with Crippen molar-refractivity contribution in [1.82, 2.24) is 4.98 Å². The highest BCUT2D eigenvalue weighted by Crippen LogP contribution is 2.22. The zero-order valence-corrected chi connectivity index (χ0v) is 10.9. The summed E-state index contributed by atoms with van der Waals surface area (Å²) in [7, 11) is 0. The standard InChI is InChI=1S/C13H11BrFNO/c1-9-4-10(7-16-6-9)8-17-11-2-3-13(15)12(14)5-11/h2-7H,8H2,1H3. The second kappa shape index (κ2) is 5.27. The predicted molar refractivity (Wildman–Crippen MR) is 67.4 cm³/mol. The Morgan fingerprint density at radius 2 is 2.12 bits per heavy atom. The Morgan fingerprint density at radius 1 is 1.29 bits per heavy atom. The van der Waals surface area contributed by atoms with Crippen LogP contribution in [0.2, 0.25) is 0 Å². The number of nitrogens with zero attached hydrogens (tertiary/aromatic N) is 1. The Labute approximate surface area is 108 Å². The molecule has 2 nitrogen and oxygen atoms in total. The predicted octanol–water partition coefficient (Wildman–Crippen LogP) is 3.87. The van der Waals surface area contributed by atoms with E-state index in [0.717, 1.165) is 11.1 Å². The highest BCUT2D eigenvalue weighted by atomic mass is 79.9. The van der Waals surface area contributed by atoms with E-state index >= 15 is 0 Å². The Hall–Kier alpha value is -1.42. The molecule has 0 atom stereocenters. The molecular formula is C13H11BrFNO. The van der Waals surface area contributed by atoms with Gasteiger partial charge >= 0.3 is 0 Å². The van der Waals surface area contributed by atoms with Crippen molar-refractivity contribution in [2.45, 2.75) is 13.5 Å². The molecule has 2 rings (SSSR count). The third-order valence-corrected chi connectivity index (χ3v) is 2.84. The molecule has 0 unspecified atom stereocenters. The Kier molecular flexibility index (Phi) is 3.74. The quantitative estimate of drug-likeness (QED) is 0.857. The van der Waals surface area contributed by atoms with Gasteiger partial charge in [-0.15, -0.1) is 0 Å². The van der Waals surface area contributed by atoms with Crippen LogP contribution in [-0.4, -0.2) is 4.98 Å². The van der Waals surface area contributed by atoms with Gasteiger partial charge < -0.3 is 4.74 Å². The van der Waals surface area contributed by atoms with E-state index in [1.165, 1.54) is 6.07 Å². The highest BCUT2D eigenvalue weighted by molar-refractivity contribution is 9.10. The lowest BCUT2D eigenvalue weighted by molar-refractivity contribution is 0.305. The van der Waals surface area contributed by atoms with E-state index in [4.69, 9.17) is 4.74 Å². The first-order valence-electron chi connectivity index (χ1n) is 5.13. The molecule has 0 N–H and O–H groups in total. The lowest BCUT2D eigenvalue weighted by atomic mass is 10.2. The largest absolute Gasteiger partial charge is 0.489 e. The van der Waals surface area contributed by atoms with Crippen LogP contribution in [0, 0.1) is 12.7 Å². The van der Waals surface area contributed by atoms with Gasteiger partial charge in [0, 0.05) is 18.0 Å². The van der Waals surface area contributed by atoms with Crippen LogP contribution in [0.1, 0.15) is 11.1 Å². The SMILES string of the molecule is Cc1cncc(COc2ccc(F)c(Br)c2)c1. The number of aryl methyl sites for hydroxylation is 1. The molecular weight excluding hydrogens is 285 g/mol. The fourth-order valence-corrected chi connectivity index (χ4v) is 1.79. The number of aromatic nitrogens is 1. The molecule has 1 heterocycles. The Bertz CT molecular complexity index is 531. The molecule has 0 aliphatic carbocycles. The van der Waals surface area contributed by atoms with Crippen LogP contribution >= 0.6 is 15.9 Å². The third kappa shape index (κ3) is 3.27. The van der Waals surface area contributed by atoms with Crippen molar-refractivity contribution in [3.8, 4) is 5.75 Å². The van der Waals surface area contributed by atoms with Crippen molar-refractivity contribution < 1.29 is 9.13 Å². The van der Waals surface area contributed by atoms with Crippen LogP contribution in [0.15, 0.2) is 41.1 Å². The summed E-state index contributed by atoms with van der Waals surface area (Å²) < 4.78 is 18.9.